The average molecular weight is 369 g/mol. The highest BCUT2D eigenvalue weighted by Crippen LogP contribution is 2.25. The van der Waals surface area contributed by atoms with E-state index in [1.54, 1.807) is 11.3 Å². The van der Waals surface area contributed by atoms with Crippen LogP contribution in [0, 0.1) is 6.92 Å². The maximum Gasteiger partial charge on any atom is 0.279 e. The lowest BCUT2D eigenvalue weighted by molar-refractivity contribution is -0.902. The number of rotatable bonds is 6. The molecule has 1 aromatic heterocycles. The van der Waals surface area contributed by atoms with E-state index in [-0.39, 0.29) is 11.9 Å². The van der Waals surface area contributed by atoms with Crippen molar-refractivity contribution < 1.29 is 9.69 Å². The van der Waals surface area contributed by atoms with Crippen LogP contribution in [0.5, 0.6) is 0 Å². The lowest BCUT2D eigenvalue weighted by Crippen LogP contribution is -3.10. The molecule has 0 aliphatic carbocycles. The van der Waals surface area contributed by atoms with E-state index in [4.69, 9.17) is 4.98 Å². The number of thiazole rings is 1. The largest absolute Gasteiger partial charge is 0.322 e. The van der Waals surface area contributed by atoms with Crippen molar-refractivity contribution >= 4 is 33.1 Å². The van der Waals surface area contributed by atoms with Crippen LogP contribution in [0.1, 0.15) is 36.0 Å². The lowest BCUT2D eigenvalue weighted by Gasteiger charge is -2.20. The predicted molar refractivity (Wildman–Crippen MR) is 109 cm³/mol. The summed E-state index contributed by atoms with van der Waals surface area (Å²) in [6.45, 7) is 6.69. The molecule has 5 heteroatoms. The van der Waals surface area contributed by atoms with Crippen LogP contribution in [-0.2, 0) is 11.2 Å². The molecule has 0 radical (unpaired) electrons. The minimum absolute atomic E-state index is 0.0412. The molecule has 0 bridgehead atoms. The summed E-state index contributed by atoms with van der Waals surface area (Å²) in [5.41, 5.74) is 4.27. The Hall–Kier alpha value is -2.24. The number of benzene rings is 2. The molecular weight excluding hydrogens is 342 g/mol. The van der Waals surface area contributed by atoms with E-state index in [1.165, 1.54) is 10.3 Å². The number of amides is 1. The highest BCUT2D eigenvalue weighted by atomic mass is 32.1. The van der Waals surface area contributed by atoms with Gasteiger partial charge in [0.05, 0.1) is 17.3 Å². The van der Waals surface area contributed by atoms with Gasteiger partial charge in [-0.1, -0.05) is 37.3 Å². The fourth-order valence-electron chi connectivity index (χ4n) is 3.08. The number of quaternary nitrogens is 1. The minimum Gasteiger partial charge on any atom is -0.322 e. The van der Waals surface area contributed by atoms with Gasteiger partial charge < -0.3 is 10.2 Å². The fraction of sp³-hybridized carbons (Fsp3) is 0.333. The Morgan fingerprint density at radius 2 is 2.00 bits per heavy atom. The van der Waals surface area contributed by atoms with Gasteiger partial charge in [0.25, 0.3) is 5.91 Å². The van der Waals surface area contributed by atoms with E-state index in [2.05, 4.69) is 38.3 Å². The maximum atomic E-state index is 12.6. The van der Waals surface area contributed by atoms with Gasteiger partial charge in [0.15, 0.2) is 11.6 Å². The molecule has 136 valence electrons. The number of nitrogens with zero attached hydrogens (tertiary/aromatic N) is 1. The molecule has 26 heavy (non-hydrogen) atoms. The first-order valence-corrected chi connectivity index (χ1v) is 9.87. The summed E-state index contributed by atoms with van der Waals surface area (Å²) in [4.78, 5) is 18.5. The van der Waals surface area contributed by atoms with Crippen molar-refractivity contribution in [3.63, 3.8) is 0 Å². The van der Waals surface area contributed by atoms with E-state index in [1.807, 2.05) is 37.3 Å². The molecule has 3 rings (SSSR count). The van der Waals surface area contributed by atoms with Gasteiger partial charge in [-0.15, -0.1) is 11.3 Å². The number of anilines is 1. The number of carbonyl (C=O) groups is 1. The van der Waals surface area contributed by atoms with Crippen LogP contribution in [0.2, 0.25) is 0 Å². The number of likely N-dealkylation sites (N-methyl/N-ethyl adjacent to an activating group) is 1. The number of carbonyl (C=O) groups excluding carboxylic acids is 1. The summed E-state index contributed by atoms with van der Waals surface area (Å²) in [6, 6.07) is 14.5. The number of hydrogen-bond acceptors (Lipinski definition) is 3. The van der Waals surface area contributed by atoms with Crippen LogP contribution in [0.15, 0.2) is 42.5 Å². The molecule has 0 saturated heterocycles. The normalized spacial score (nSPS) is 13.5. The second-order valence-corrected chi connectivity index (χ2v) is 7.84. The highest BCUT2D eigenvalue weighted by molar-refractivity contribution is 7.18. The van der Waals surface area contributed by atoms with Gasteiger partial charge in [-0.05, 0) is 43.5 Å². The standard InChI is InChI=1S/C21H25N3OS/c1-5-16-10-8-9-14(2)20(16)23-19(25)13-24(4)15(3)21-22-17-11-6-7-12-18(17)26-21/h6-12,15H,5,13H2,1-4H3,(H,23,25)/p+1/t15-/m1/s1. The molecule has 2 atom stereocenters. The molecule has 1 amide bonds. The zero-order valence-electron chi connectivity index (χ0n) is 15.8. The number of aromatic nitrogens is 1. The summed E-state index contributed by atoms with van der Waals surface area (Å²) in [5, 5.41) is 4.19. The van der Waals surface area contributed by atoms with Gasteiger partial charge in [-0.2, -0.15) is 0 Å². The van der Waals surface area contributed by atoms with Crippen LogP contribution in [-0.4, -0.2) is 24.5 Å². The number of hydrogen-bond donors (Lipinski definition) is 2. The Bertz CT molecular complexity index is 886. The first kappa shape index (κ1) is 18.5. The van der Waals surface area contributed by atoms with E-state index in [9.17, 15) is 4.79 Å². The molecule has 0 fully saturated rings. The van der Waals surface area contributed by atoms with E-state index >= 15 is 0 Å². The molecule has 0 aliphatic rings. The van der Waals surface area contributed by atoms with E-state index in [0.717, 1.165) is 33.1 Å². The third-order valence-corrected chi connectivity index (χ3v) is 6.08. The van der Waals surface area contributed by atoms with Crippen molar-refractivity contribution in [2.75, 3.05) is 18.9 Å². The minimum atomic E-state index is 0.0412. The summed E-state index contributed by atoms with van der Waals surface area (Å²) in [6.07, 6.45) is 0.905. The van der Waals surface area contributed by atoms with Gasteiger partial charge >= 0.3 is 0 Å². The smallest absolute Gasteiger partial charge is 0.279 e. The molecule has 2 N–H and O–H groups in total. The second-order valence-electron chi connectivity index (χ2n) is 6.78. The summed E-state index contributed by atoms with van der Waals surface area (Å²) in [5.74, 6) is 0.0412. The second kappa shape index (κ2) is 7.98. The molecule has 1 unspecified atom stereocenters. The summed E-state index contributed by atoms with van der Waals surface area (Å²) in [7, 11) is 2.05. The Balaban J connectivity index is 1.69. The molecule has 0 spiro atoms. The zero-order chi connectivity index (χ0) is 18.7. The average Bonchev–Trinajstić information content (AvgIpc) is 3.06. The van der Waals surface area contributed by atoms with Crippen molar-refractivity contribution in [2.45, 2.75) is 33.2 Å². The van der Waals surface area contributed by atoms with Crippen LogP contribution in [0.4, 0.5) is 5.69 Å². The molecule has 1 heterocycles. The third-order valence-electron chi connectivity index (χ3n) is 4.86. The molecule has 0 saturated carbocycles. The number of aryl methyl sites for hydroxylation is 2. The number of fused-ring (bicyclic) bond motifs is 1. The lowest BCUT2D eigenvalue weighted by atomic mass is 10.1. The third kappa shape index (κ3) is 3.94. The Morgan fingerprint density at radius 1 is 1.23 bits per heavy atom. The van der Waals surface area contributed by atoms with Crippen LogP contribution < -0.4 is 10.2 Å². The molecule has 0 aliphatic heterocycles. The van der Waals surface area contributed by atoms with Crippen molar-refractivity contribution in [3.8, 4) is 0 Å². The quantitative estimate of drug-likeness (QED) is 0.701. The highest BCUT2D eigenvalue weighted by Gasteiger charge is 2.22. The van der Waals surface area contributed by atoms with Crippen molar-refractivity contribution in [1.29, 1.82) is 0 Å². The summed E-state index contributed by atoms with van der Waals surface area (Å²) < 4.78 is 1.19. The molecule has 3 aromatic rings. The van der Waals surface area contributed by atoms with Gasteiger partial charge in [0, 0.05) is 5.69 Å². The topological polar surface area (TPSA) is 46.4 Å². The fourth-order valence-corrected chi connectivity index (χ4v) is 4.19. The van der Waals surface area contributed by atoms with E-state index in [0.29, 0.717) is 6.54 Å². The van der Waals surface area contributed by atoms with Crippen molar-refractivity contribution in [1.82, 2.24) is 4.98 Å². The Labute approximate surface area is 158 Å². The van der Waals surface area contributed by atoms with E-state index < -0.39 is 0 Å². The number of para-hydroxylation sites is 2. The van der Waals surface area contributed by atoms with Gasteiger partial charge in [-0.25, -0.2) is 4.98 Å². The number of nitrogens with one attached hydrogen (secondary N) is 2. The monoisotopic (exact) mass is 368 g/mol. The molecule has 4 nitrogen and oxygen atoms in total. The van der Waals surface area contributed by atoms with Crippen LogP contribution >= 0.6 is 11.3 Å². The maximum absolute atomic E-state index is 12.6. The zero-order valence-corrected chi connectivity index (χ0v) is 16.6. The van der Waals surface area contributed by atoms with Crippen LogP contribution in [0.3, 0.4) is 0 Å². The first-order valence-electron chi connectivity index (χ1n) is 9.05. The molecular formula is C21H26N3OS+. The van der Waals surface area contributed by atoms with Gasteiger partial charge in [-0.3, -0.25) is 4.79 Å². The molecule has 2 aromatic carbocycles. The van der Waals surface area contributed by atoms with Crippen molar-refractivity contribution in [2.24, 2.45) is 0 Å². The van der Waals surface area contributed by atoms with Crippen molar-refractivity contribution in [3.05, 3.63) is 58.6 Å². The van der Waals surface area contributed by atoms with Crippen LogP contribution in [0.25, 0.3) is 10.2 Å². The summed E-state index contributed by atoms with van der Waals surface area (Å²) >= 11 is 1.71. The van der Waals surface area contributed by atoms with Gasteiger partial charge in [0.2, 0.25) is 0 Å². The van der Waals surface area contributed by atoms with Gasteiger partial charge in [0.1, 0.15) is 6.04 Å². The predicted octanol–water partition coefficient (Wildman–Crippen LogP) is 3.38. The Kier molecular flexibility index (Phi) is 5.69. The SMILES string of the molecule is CCc1cccc(C)c1NC(=O)C[NH+](C)[C@H](C)c1nc2ccccc2s1. The Morgan fingerprint density at radius 3 is 2.73 bits per heavy atom. The first-order chi connectivity index (χ1) is 12.5.